The Morgan fingerprint density at radius 2 is 1.89 bits per heavy atom. The standard InChI is InChI=1S/C19H16F2N4O3/c1-11-18(25(27)28)17(24-23-11)19(26)22-16(13-5-3-7-15(21)10-13)9-12-4-2-6-14(20)8-12/h2-8,10,16H,9H2,1H3,(H,22,26)(H,23,24). The fraction of sp³-hybridized carbons (Fsp3) is 0.158. The second kappa shape index (κ2) is 7.95. The normalized spacial score (nSPS) is 11.8. The lowest BCUT2D eigenvalue weighted by Gasteiger charge is -2.19. The molecular weight excluding hydrogens is 370 g/mol. The zero-order chi connectivity index (χ0) is 20.3. The van der Waals surface area contributed by atoms with Crippen molar-refractivity contribution in [2.45, 2.75) is 19.4 Å². The summed E-state index contributed by atoms with van der Waals surface area (Å²) in [7, 11) is 0. The molecule has 28 heavy (non-hydrogen) atoms. The van der Waals surface area contributed by atoms with E-state index in [-0.39, 0.29) is 17.8 Å². The van der Waals surface area contributed by atoms with Gasteiger partial charge in [-0.15, -0.1) is 0 Å². The van der Waals surface area contributed by atoms with Crippen molar-refractivity contribution in [1.82, 2.24) is 15.5 Å². The number of H-pyrrole nitrogens is 1. The number of carbonyl (C=O) groups is 1. The highest BCUT2D eigenvalue weighted by Gasteiger charge is 2.29. The maximum Gasteiger partial charge on any atom is 0.322 e. The molecule has 0 saturated carbocycles. The van der Waals surface area contributed by atoms with Crippen LogP contribution >= 0.6 is 0 Å². The lowest BCUT2D eigenvalue weighted by Crippen LogP contribution is -2.31. The van der Waals surface area contributed by atoms with Gasteiger partial charge in [-0.25, -0.2) is 8.78 Å². The molecule has 9 heteroatoms. The second-order valence-corrected chi connectivity index (χ2v) is 6.22. The molecule has 0 spiro atoms. The zero-order valence-corrected chi connectivity index (χ0v) is 14.8. The first-order valence-electron chi connectivity index (χ1n) is 8.35. The lowest BCUT2D eigenvalue weighted by atomic mass is 9.98. The molecule has 0 fully saturated rings. The van der Waals surface area contributed by atoms with Crippen molar-refractivity contribution in [3.05, 3.63) is 92.8 Å². The number of nitrogens with zero attached hydrogens (tertiary/aromatic N) is 2. The number of rotatable bonds is 6. The monoisotopic (exact) mass is 386 g/mol. The Morgan fingerprint density at radius 1 is 1.21 bits per heavy atom. The number of nitro groups is 1. The van der Waals surface area contributed by atoms with Crippen molar-refractivity contribution in [3.63, 3.8) is 0 Å². The minimum absolute atomic E-state index is 0.141. The van der Waals surface area contributed by atoms with Gasteiger partial charge in [-0.3, -0.25) is 20.0 Å². The fourth-order valence-corrected chi connectivity index (χ4v) is 2.91. The Balaban J connectivity index is 1.93. The van der Waals surface area contributed by atoms with Crippen molar-refractivity contribution in [2.75, 3.05) is 0 Å². The van der Waals surface area contributed by atoms with E-state index in [1.165, 1.54) is 43.3 Å². The van der Waals surface area contributed by atoms with Gasteiger partial charge in [0.15, 0.2) is 0 Å². The van der Waals surface area contributed by atoms with Crippen LogP contribution in [-0.4, -0.2) is 21.0 Å². The number of benzene rings is 2. The van der Waals surface area contributed by atoms with Crippen LogP contribution in [-0.2, 0) is 6.42 Å². The second-order valence-electron chi connectivity index (χ2n) is 6.22. The van der Waals surface area contributed by atoms with E-state index in [9.17, 15) is 23.7 Å². The molecule has 1 unspecified atom stereocenters. The van der Waals surface area contributed by atoms with E-state index in [0.29, 0.717) is 11.1 Å². The quantitative estimate of drug-likeness (QED) is 0.499. The summed E-state index contributed by atoms with van der Waals surface area (Å²) in [5, 5.41) is 20.0. The summed E-state index contributed by atoms with van der Waals surface area (Å²) < 4.78 is 27.2. The van der Waals surface area contributed by atoms with E-state index in [2.05, 4.69) is 15.5 Å². The van der Waals surface area contributed by atoms with Gasteiger partial charge in [0.25, 0.3) is 5.91 Å². The number of carbonyl (C=O) groups excluding carboxylic acids is 1. The van der Waals surface area contributed by atoms with Crippen LogP contribution in [0.3, 0.4) is 0 Å². The number of halogens is 2. The Kier molecular flexibility index (Phi) is 5.44. The molecule has 7 nitrogen and oxygen atoms in total. The summed E-state index contributed by atoms with van der Waals surface area (Å²) in [5.41, 5.74) is 0.349. The lowest BCUT2D eigenvalue weighted by molar-refractivity contribution is -0.385. The van der Waals surface area contributed by atoms with Gasteiger partial charge in [0.2, 0.25) is 5.69 Å². The van der Waals surface area contributed by atoms with Crippen molar-refractivity contribution >= 4 is 11.6 Å². The first-order valence-corrected chi connectivity index (χ1v) is 8.35. The number of aromatic nitrogens is 2. The molecule has 1 heterocycles. The third kappa shape index (κ3) is 4.20. The summed E-state index contributed by atoms with van der Waals surface area (Å²) in [6.45, 7) is 1.43. The summed E-state index contributed by atoms with van der Waals surface area (Å²) >= 11 is 0. The van der Waals surface area contributed by atoms with Crippen LogP contribution in [0.2, 0.25) is 0 Å². The molecule has 2 aromatic carbocycles. The molecule has 3 rings (SSSR count). The van der Waals surface area contributed by atoms with E-state index < -0.39 is 34.2 Å². The molecular formula is C19H16F2N4O3. The van der Waals surface area contributed by atoms with Crippen LogP contribution in [0.1, 0.15) is 33.4 Å². The van der Waals surface area contributed by atoms with Gasteiger partial charge in [0.05, 0.1) is 11.0 Å². The van der Waals surface area contributed by atoms with Gasteiger partial charge in [-0.05, 0) is 48.7 Å². The highest BCUT2D eigenvalue weighted by molar-refractivity contribution is 5.96. The number of aromatic amines is 1. The number of nitrogens with one attached hydrogen (secondary N) is 2. The van der Waals surface area contributed by atoms with Gasteiger partial charge < -0.3 is 5.32 Å². The van der Waals surface area contributed by atoms with Crippen LogP contribution in [0.4, 0.5) is 14.5 Å². The van der Waals surface area contributed by atoms with Crippen molar-refractivity contribution in [1.29, 1.82) is 0 Å². The molecule has 1 amide bonds. The third-order valence-electron chi connectivity index (χ3n) is 4.20. The predicted octanol–water partition coefficient (Wildman–Crippen LogP) is 3.62. The highest BCUT2D eigenvalue weighted by Crippen LogP contribution is 2.24. The summed E-state index contributed by atoms with van der Waals surface area (Å²) in [4.78, 5) is 23.2. The maximum absolute atomic E-state index is 13.7. The van der Waals surface area contributed by atoms with Gasteiger partial charge in [0.1, 0.15) is 17.3 Å². The minimum Gasteiger partial charge on any atom is -0.343 e. The number of amides is 1. The van der Waals surface area contributed by atoms with E-state index in [0.717, 1.165) is 0 Å². The van der Waals surface area contributed by atoms with E-state index in [1.54, 1.807) is 12.1 Å². The van der Waals surface area contributed by atoms with Crippen molar-refractivity contribution in [3.8, 4) is 0 Å². The molecule has 1 aromatic heterocycles. The number of hydrogen-bond donors (Lipinski definition) is 2. The molecule has 0 saturated heterocycles. The summed E-state index contributed by atoms with van der Waals surface area (Å²) in [6, 6.07) is 10.6. The average molecular weight is 386 g/mol. The number of aryl methyl sites for hydroxylation is 1. The average Bonchev–Trinajstić information content (AvgIpc) is 3.03. The van der Waals surface area contributed by atoms with Gasteiger partial charge in [0, 0.05) is 0 Å². The summed E-state index contributed by atoms with van der Waals surface area (Å²) in [6.07, 6.45) is 0.157. The maximum atomic E-state index is 13.7. The SMILES string of the molecule is Cc1[nH]nc(C(=O)NC(Cc2cccc(F)c2)c2cccc(F)c2)c1[N+](=O)[O-]. The summed E-state index contributed by atoms with van der Waals surface area (Å²) in [5.74, 6) is -1.74. The van der Waals surface area contributed by atoms with E-state index in [4.69, 9.17) is 0 Å². The zero-order valence-electron chi connectivity index (χ0n) is 14.8. The van der Waals surface area contributed by atoms with E-state index >= 15 is 0 Å². The smallest absolute Gasteiger partial charge is 0.322 e. The van der Waals surface area contributed by atoms with E-state index in [1.807, 2.05) is 0 Å². The fourth-order valence-electron chi connectivity index (χ4n) is 2.91. The van der Waals surface area contributed by atoms with Gasteiger partial charge in [-0.1, -0.05) is 24.3 Å². The highest BCUT2D eigenvalue weighted by atomic mass is 19.1. The first-order chi connectivity index (χ1) is 13.3. The molecule has 0 aliphatic carbocycles. The predicted molar refractivity (Wildman–Crippen MR) is 96.7 cm³/mol. The Morgan fingerprint density at radius 3 is 2.54 bits per heavy atom. The van der Waals surface area contributed by atoms with Crippen LogP contribution in [0.5, 0.6) is 0 Å². The van der Waals surface area contributed by atoms with Crippen molar-refractivity contribution < 1.29 is 18.5 Å². The topological polar surface area (TPSA) is 101 Å². The van der Waals surface area contributed by atoms with Gasteiger partial charge >= 0.3 is 5.69 Å². The Hall–Kier alpha value is -3.62. The first kappa shape index (κ1) is 19.2. The van der Waals surface area contributed by atoms with Crippen LogP contribution in [0, 0.1) is 28.7 Å². The molecule has 3 aromatic rings. The number of hydrogen-bond acceptors (Lipinski definition) is 4. The molecule has 0 aliphatic rings. The molecule has 0 radical (unpaired) electrons. The largest absolute Gasteiger partial charge is 0.343 e. The van der Waals surface area contributed by atoms with Crippen molar-refractivity contribution in [2.24, 2.45) is 0 Å². The molecule has 0 bridgehead atoms. The molecule has 1 atom stereocenters. The Bertz CT molecular complexity index is 1040. The van der Waals surface area contributed by atoms with Crippen LogP contribution in [0.15, 0.2) is 48.5 Å². The molecule has 144 valence electrons. The van der Waals surface area contributed by atoms with Gasteiger partial charge in [-0.2, -0.15) is 5.10 Å². The Labute approximate surface area is 158 Å². The minimum atomic E-state index is -0.790. The molecule has 0 aliphatic heterocycles. The third-order valence-corrected chi connectivity index (χ3v) is 4.20. The molecule has 2 N–H and O–H groups in total. The van der Waals surface area contributed by atoms with Crippen LogP contribution < -0.4 is 5.32 Å². The van der Waals surface area contributed by atoms with Crippen LogP contribution in [0.25, 0.3) is 0 Å².